The second-order valence-corrected chi connectivity index (χ2v) is 10.3. The van der Waals surface area contributed by atoms with Crippen LogP contribution >= 0.6 is 11.6 Å². The summed E-state index contributed by atoms with van der Waals surface area (Å²) in [6.07, 6.45) is 4.01. The first kappa shape index (κ1) is 25.3. The van der Waals surface area contributed by atoms with Crippen LogP contribution in [0.3, 0.4) is 0 Å². The highest BCUT2D eigenvalue weighted by molar-refractivity contribution is 6.31. The van der Waals surface area contributed by atoms with E-state index in [0.717, 1.165) is 34.6 Å². The van der Waals surface area contributed by atoms with Crippen LogP contribution in [-0.2, 0) is 21.5 Å². The van der Waals surface area contributed by atoms with Gasteiger partial charge >= 0.3 is 12.0 Å². The first-order chi connectivity index (χ1) is 14.4. The molecular weight excluding hydrogens is 412 g/mol. The molecular formula is C25H37ClN2O3. The monoisotopic (exact) mass is 448 g/mol. The van der Waals surface area contributed by atoms with Gasteiger partial charge in [0.05, 0.1) is 18.6 Å². The van der Waals surface area contributed by atoms with Crippen molar-refractivity contribution in [1.82, 2.24) is 10.2 Å². The quantitative estimate of drug-likeness (QED) is 0.492. The zero-order valence-electron chi connectivity index (χ0n) is 20.0. The summed E-state index contributed by atoms with van der Waals surface area (Å²) in [7, 11) is 0. The molecule has 5 nitrogen and oxygen atoms in total. The predicted molar refractivity (Wildman–Crippen MR) is 126 cm³/mol. The number of carbonyl (C=O) groups is 2. The lowest BCUT2D eigenvalue weighted by Gasteiger charge is -2.42. The minimum Gasteiger partial charge on any atom is -0.466 e. The number of benzene rings is 1. The van der Waals surface area contributed by atoms with Crippen molar-refractivity contribution in [2.45, 2.75) is 73.3 Å². The number of urea groups is 1. The molecule has 0 saturated heterocycles. The van der Waals surface area contributed by atoms with Crippen molar-refractivity contribution in [1.29, 1.82) is 0 Å². The van der Waals surface area contributed by atoms with E-state index in [0.29, 0.717) is 6.61 Å². The van der Waals surface area contributed by atoms with E-state index < -0.39 is 5.54 Å². The Morgan fingerprint density at radius 3 is 2.52 bits per heavy atom. The molecule has 0 spiro atoms. The Bertz CT molecular complexity index is 842. The fraction of sp³-hybridized carbons (Fsp3) is 0.600. The third kappa shape index (κ3) is 6.49. The predicted octanol–water partition coefficient (Wildman–Crippen LogP) is 6.05. The maximum atomic E-state index is 12.9. The van der Waals surface area contributed by atoms with Gasteiger partial charge in [-0.3, -0.25) is 4.79 Å². The van der Waals surface area contributed by atoms with Gasteiger partial charge in [-0.25, -0.2) is 4.79 Å². The maximum absolute atomic E-state index is 12.9. The Morgan fingerprint density at radius 2 is 1.97 bits per heavy atom. The smallest absolute Gasteiger partial charge is 0.322 e. The van der Waals surface area contributed by atoms with E-state index in [1.165, 1.54) is 0 Å². The Kier molecular flexibility index (Phi) is 8.21. The molecule has 0 aliphatic carbocycles. The minimum atomic E-state index is -0.669. The van der Waals surface area contributed by atoms with Gasteiger partial charge in [0.25, 0.3) is 0 Å². The lowest BCUT2D eigenvalue weighted by Crippen LogP contribution is -2.55. The first-order valence-corrected chi connectivity index (χ1v) is 11.5. The van der Waals surface area contributed by atoms with Crippen LogP contribution in [0.5, 0.6) is 0 Å². The van der Waals surface area contributed by atoms with E-state index in [-0.39, 0.29) is 36.3 Å². The molecule has 2 rings (SSSR count). The number of esters is 1. The van der Waals surface area contributed by atoms with Crippen molar-refractivity contribution in [3.05, 3.63) is 46.1 Å². The van der Waals surface area contributed by atoms with Crippen LogP contribution in [0.25, 0.3) is 0 Å². The van der Waals surface area contributed by atoms with Crippen LogP contribution in [0.1, 0.15) is 72.4 Å². The lowest BCUT2D eigenvalue weighted by molar-refractivity contribution is -0.143. The number of nitrogens with one attached hydrogen (secondary N) is 1. The largest absolute Gasteiger partial charge is 0.466 e. The van der Waals surface area contributed by atoms with Crippen LogP contribution in [0, 0.1) is 11.3 Å². The molecule has 2 amide bonds. The fourth-order valence-corrected chi connectivity index (χ4v) is 4.14. The molecule has 172 valence electrons. The molecule has 1 aliphatic rings. The summed E-state index contributed by atoms with van der Waals surface area (Å²) in [6.45, 7) is 15.3. The highest BCUT2D eigenvalue weighted by atomic mass is 35.5. The first-order valence-electron chi connectivity index (χ1n) is 11.1. The summed E-state index contributed by atoms with van der Waals surface area (Å²) >= 11 is 6.65. The number of amides is 2. The summed E-state index contributed by atoms with van der Waals surface area (Å²) < 4.78 is 4.99. The van der Waals surface area contributed by atoms with Crippen LogP contribution in [0.2, 0.25) is 5.02 Å². The molecule has 1 aromatic rings. The van der Waals surface area contributed by atoms with Crippen molar-refractivity contribution in [3.8, 4) is 0 Å². The highest BCUT2D eigenvalue weighted by Crippen LogP contribution is 2.38. The summed E-state index contributed by atoms with van der Waals surface area (Å²) in [4.78, 5) is 26.2. The van der Waals surface area contributed by atoms with Gasteiger partial charge in [-0.15, -0.1) is 0 Å². The number of halogens is 1. The maximum Gasteiger partial charge on any atom is 0.322 e. The summed E-state index contributed by atoms with van der Waals surface area (Å²) in [5.41, 5.74) is 2.71. The Labute approximate surface area is 192 Å². The number of carbonyl (C=O) groups excluding carboxylic acids is 2. The average Bonchev–Trinajstić information content (AvgIpc) is 2.65. The molecule has 1 heterocycles. The molecule has 6 heteroatoms. The number of hydrogen-bond acceptors (Lipinski definition) is 3. The summed E-state index contributed by atoms with van der Waals surface area (Å²) in [6, 6.07) is 5.88. The minimum absolute atomic E-state index is 0.161. The third-order valence-corrected chi connectivity index (χ3v) is 6.10. The van der Waals surface area contributed by atoms with Crippen molar-refractivity contribution < 1.29 is 14.3 Å². The third-order valence-electron chi connectivity index (χ3n) is 5.75. The summed E-state index contributed by atoms with van der Waals surface area (Å²) in [5, 5.41) is 3.88. The van der Waals surface area contributed by atoms with E-state index in [2.05, 4.69) is 52.1 Å². The van der Waals surface area contributed by atoms with Gasteiger partial charge in [0.2, 0.25) is 0 Å². The van der Waals surface area contributed by atoms with Crippen molar-refractivity contribution in [2.24, 2.45) is 11.3 Å². The average molecular weight is 449 g/mol. The molecule has 1 atom stereocenters. The van der Waals surface area contributed by atoms with Crippen molar-refractivity contribution in [3.63, 3.8) is 0 Å². The summed E-state index contributed by atoms with van der Waals surface area (Å²) in [5.74, 6) is -0.115. The number of ether oxygens (including phenoxy) is 1. The topological polar surface area (TPSA) is 58.6 Å². The van der Waals surface area contributed by atoms with E-state index in [9.17, 15) is 9.59 Å². The standard InChI is InChI=1S/C25H37ClN2O3/c1-8-31-22(29)12-14-28-16-20(17(2)3)25(7,27-23(28)30)19-10-9-18(21(26)15-19)11-13-24(4,5)6/h9-10,15-17H,8,11-14H2,1-7H3,(H,27,30)/t25-/m1/s1. The lowest BCUT2D eigenvalue weighted by atomic mass is 9.78. The van der Waals surface area contributed by atoms with Crippen LogP contribution in [-0.4, -0.2) is 30.1 Å². The van der Waals surface area contributed by atoms with Crippen molar-refractivity contribution in [2.75, 3.05) is 13.2 Å². The number of hydrogen-bond donors (Lipinski definition) is 1. The van der Waals surface area contributed by atoms with Gasteiger partial charge in [-0.1, -0.05) is 58.4 Å². The molecule has 1 aliphatic heterocycles. The number of nitrogens with zero attached hydrogens (tertiary/aromatic N) is 1. The fourth-order valence-electron chi connectivity index (χ4n) is 3.86. The Balaban J connectivity index is 2.30. The van der Waals surface area contributed by atoms with Gasteiger partial charge in [-0.2, -0.15) is 0 Å². The molecule has 0 radical (unpaired) electrons. The van der Waals surface area contributed by atoms with Crippen LogP contribution in [0.15, 0.2) is 30.0 Å². The second-order valence-electron chi connectivity index (χ2n) is 9.91. The molecule has 31 heavy (non-hydrogen) atoms. The second kappa shape index (κ2) is 10.1. The molecule has 0 unspecified atom stereocenters. The van der Waals surface area contributed by atoms with E-state index >= 15 is 0 Å². The molecule has 0 fully saturated rings. The Morgan fingerprint density at radius 1 is 1.29 bits per heavy atom. The van der Waals surface area contributed by atoms with Gasteiger partial charge in [0.1, 0.15) is 0 Å². The molecule has 0 saturated carbocycles. The van der Waals surface area contributed by atoms with Gasteiger partial charge in [-0.05, 0) is 60.8 Å². The van der Waals surface area contributed by atoms with E-state index in [1.54, 1.807) is 11.8 Å². The molecule has 1 aromatic carbocycles. The Hall–Kier alpha value is -2.01. The van der Waals surface area contributed by atoms with Gasteiger partial charge in [0.15, 0.2) is 0 Å². The van der Waals surface area contributed by atoms with E-state index in [4.69, 9.17) is 16.3 Å². The van der Waals surface area contributed by atoms with Gasteiger partial charge < -0.3 is 15.0 Å². The zero-order chi connectivity index (χ0) is 23.4. The SMILES string of the molecule is CCOC(=O)CCN1C=C(C(C)C)[C@@](C)(c2ccc(CCC(C)(C)C)c(Cl)c2)NC1=O. The van der Waals surface area contributed by atoms with Crippen LogP contribution < -0.4 is 5.32 Å². The van der Waals surface area contributed by atoms with Crippen molar-refractivity contribution >= 4 is 23.6 Å². The highest BCUT2D eigenvalue weighted by Gasteiger charge is 2.39. The normalized spacial score (nSPS) is 19.3. The van der Waals surface area contributed by atoms with Gasteiger partial charge in [0, 0.05) is 17.8 Å². The number of aryl methyl sites for hydroxylation is 1. The molecule has 0 aromatic heterocycles. The van der Waals surface area contributed by atoms with Crippen LogP contribution in [0.4, 0.5) is 4.79 Å². The zero-order valence-corrected chi connectivity index (χ0v) is 20.7. The molecule has 0 bridgehead atoms. The number of rotatable bonds is 8. The molecule has 1 N–H and O–H groups in total. The van der Waals surface area contributed by atoms with E-state index in [1.807, 2.05) is 19.2 Å².